The summed E-state index contributed by atoms with van der Waals surface area (Å²) < 4.78 is 26.7. The molecule has 0 aliphatic carbocycles. The smallest absolute Gasteiger partial charge is 0.274 e. The largest absolute Gasteiger partial charge is 0.275 e. The highest BCUT2D eigenvalue weighted by atomic mass is 32.2. The van der Waals surface area contributed by atoms with Crippen molar-refractivity contribution in [1.29, 1.82) is 0 Å². The predicted molar refractivity (Wildman–Crippen MR) is 84.1 cm³/mol. The summed E-state index contributed by atoms with van der Waals surface area (Å²) in [5.41, 5.74) is 0.420. The Hall–Kier alpha value is -1.25. The van der Waals surface area contributed by atoms with Gasteiger partial charge in [-0.05, 0) is 31.7 Å². The molecule has 0 aliphatic heterocycles. The van der Waals surface area contributed by atoms with Crippen molar-refractivity contribution in [3.63, 3.8) is 0 Å². The second-order valence-corrected chi connectivity index (χ2v) is 8.87. The summed E-state index contributed by atoms with van der Waals surface area (Å²) in [5, 5.41) is 2.59. The lowest BCUT2D eigenvalue weighted by molar-refractivity contribution is -0.122. The number of aromatic nitrogens is 1. The van der Waals surface area contributed by atoms with E-state index >= 15 is 0 Å². The van der Waals surface area contributed by atoms with E-state index < -0.39 is 21.8 Å². The summed E-state index contributed by atoms with van der Waals surface area (Å²) in [6, 6.07) is 3.84. The number of hydrogen-bond donors (Lipinski definition) is 1. The average molecular weight is 344 g/mol. The minimum Gasteiger partial charge on any atom is -0.274 e. The van der Waals surface area contributed by atoms with E-state index in [1.165, 1.54) is 0 Å². The Morgan fingerprint density at radius 2 is 2.14 bits per heavy atom. The van der Waals surface area contributed by atoms with Gasteiger partial charge in [0.1, 0.15) is 0 Å². The van der Waals surface area contributed by atoms with E-state index in [0.717, 1.165) is 16.2 Å². The van der Waals surface area contributed by atoms with Crippen LogP contribution in [-0.2, 0) is 21.2 Å². The van der Waals surface area contributed by atoms with Gasteiger partial charge in [-0.1, -0.05) is 13.0 Å². The average Bonchev–Trinajstić information content (AvgIpc) is 2.98. The molecular formula is C13H16N2O3S3. The van der Waals surface area contributed by atoms with E-state index in [4.69, 9.17) is 0 Å². The summed E-state index contributed by atoms with van der Waals surface area (Å²) in [6.07, 6.45) is 0.528. The molecule has 1 N–H and O–H groups in total. The number of hydrogen-bond acceptors (Lipinski definition) is 6. The molecule has 0 spiro atoms. The molecule has 114 valence electrons. The third-order valence-corrected chi connectivity index (χ3v) is 6.80. The van der Waals surface area contributed by atoms with Gasteiger partial charge in [0.15, 0.2) is 4.21 Å². The lowest BCUT2D eigenvalue weighted by atomic mass is 10.1. The van der Waals surface area contributed by atoms with Crippen molar-refractivity contribution in [2.45, 2.75) is 31.4 Å². The molecule has 0 radical (unpaired) electrons. The predicted octanol–water partition coefficient (Wildman–Crippen LogP) is 2.51. The van der Waals surface area contributed by atoms with Crippen LogP contribution in [0.5, 0.6) is 0 Å². The minimum absolute atomic E-state index is 0.108. The molecule has 0 aliphatic rings. The van der Waals surface area contributed by atoms with Crippen molar-refractivity contribution in [2.24, 2.45) is 5.92 Å². The van der Waals surface area contributed by atoms with Crippen molar-refractivity contribution in [3.05, 3.63) is 33.1 Å². The van der Waals surface area contributed by atoms with Gasteiger partial charge in [-0.25, -0.2) is 18.1 Å². The Kier molecular flexibility index (Phi) is 4.80. The normalized spacial score (nSPS) is 13.1. The molecule has 1 amide bonds. The van der Waals surface area contributed by atoms with Gasteiger partial charge in [0.2, 0.25) is 5.91 Å². The Morgan fingerprint density at radius 3 is 2.67 bits per heavy atom. The zero-order valence-electron chi connectivity index (χ0n) is 11.9. The van der Waals surface area contributed by atoms with Crippen LogP contribution in [0.25, 0.3) is 0 Å². The van der Waals surface area contributed by atoms with Gasteiger partial charge in [0.25, 0.3) is 10.0 Å². The number of carbonyl (C=O) groups is 1. The van der Waals surface area contributed by atoms with Crippen LogP contribution >= 0.6 is 22.7 Å². The van der Waals surface area contributed by atoms with Crippen LogP contribution in [-0.4, -0.2) is 19.3 Å². The Bertz CT molecular complexity index is 733. The monoisotopic (exact) mass is 344 g/mol. The maximum atomic E-state index is 12.2. The molecule has 2 rings (SSSR count). The highest BCUT2D eigenvalue weighted by Crippen LogP contribution is 2.23. The summed E-state index contributed by atoms with van der Waals surface area (Å²) in [7, 11) is -3.83. The van der Waals surface area contributed by atoms with Crippen LogP contribution in [0.2, 0.25) is 0 Å². The van der Waals surface area contributed by atoms with E-state index in [2.05, 4.69) is 9.71 Å². The molecule has 8 heteroatoms. The molecule has 2 aromatic rings. The fourth-order valence-electron chi connectivity index (χ4n) is 1.86. The second kappa shape index (κ2) is 6.25. The third-order valence-electron chi connectivity index (χ3n) is 2.88. The summed E-state index contributed by atoms with van der Waals surface area (Å²) >= 11 is 2.62. The zero-order valence-corrected chi connectivity index (χ0v) is 14.4. The molecule has 0 saturated carbocycles. The van der Waals surface area contributed by atoms with Gasteiger partial charge < -0.3 is 0 Å². The van der Waals surface area contributed by atoms with E-state index in [9.17, 15) is 13.2 Å². The Morgan fingerprint density at radius 1 is 1.43 bits per heavy atom. The van der Waals surface area contributed by atoms with Crippen LogP contribution in [0.1, 0.15) is 22.5 Å². The van der Waals surface area contributed by atoms with Gasteiger partial charge in [-0.15, -0.1) is 22.7 Å². The zero-order chi connectivity index (χ0) is 15.6. The van der Waals surface area contributed by atoms with E-state index in [0.29, 0.717) is 17.1 Å². The van der Waals surface area contributed by atoms with E-state index in [1.54, 1.807) is 32.1 Å². The van der Waals surface area contributed by atoms with Crippen molar-refractivity contribution < 1.29 is 13.2 Å². The Balaban J connectivity index is 2.09. The molecule has 21 heavy (non-hydrogen) atoms. The Labute approximate surface area is 132 Å². The molecule has 2 heterocycles. The third kappa shape index (κ3) is 3.90. The SMILES string of the molecule is Cc1nc(C)c(S(=O)(=O)NC(=O)[C@H](C)Cc2cccs2)s1. The lowest BCUT2D eigenvalue weighted by Crippen LogP contribution is -2.35. The lowest BCUT2D eigenvalue weighted by Gasteiger charge is -2.11. The first kappa shape index (κ1) is 16.1. The van der Waals surface area contributed by atoms with Gasteiger partial charge in [-0.2, -0.15) is 0 Å². The number of thiazole rings is 1. The van der Waals surface area contributed by atoms with Gasteiger partial charge >= 0.3 is 0 Å². The first-order valence-electron chi connectivity index (χ1n) is 6.32. The number of carbonyl (C=O) groups excluding carboxylic acids is 1. The molecule has 0 fully saturated rings. The summed E-state index contributed by atoms with van der Waals surface area (Å²) in [5.74, 6) is -0.901. The number of sulfonamides is 1. The van der Waals surface area contributed by atoms with E-state index in [1.807, 2.05) is 17.5 Å². The highest BCUT2D eigenvalue weighted by molar-refractivity contribution is 7.92. The number of amides is 1. The number of nitrogens with zero attached hydrogens (tertiary/aromatic N) is 1. The first-order valence-corrected chi connectivity index (χ1v) is 9.50. The number of aryl methyl sites for hydroxylation is 2. The van der Waals surface area contributed by atoms with Crippen molar-refractivity contribution >= 4 is 38.6 Å². The van der Waals surface area contributed by atoms with Crippen molar-refractivity contribution in [2.75, 3.05) is 0 Å². The number of rotatable bonds is 5. The van der Waals surface area contributed by atoms with Crippen molar-refractivity contribution in [1.82, 2.24) is 9.71 Å². The topological polar surface area (TPSA) is 76.1 Å². The molecule has 0 saturated heterocycles. The van der Waals surface area contributed by atoms with E-state index in [-0.39, 0.29) is 4.21 Å². The van der Waals surface area contributed by atoms with Crippen LogP contribution in [0.4, 0.5) is 0 Å². The van der Waals surface area contributed by atoms with Gasteiger partial charge in [-0.3, -0.25) is 4.79 Å². The maximum absolute atomic E-state index is 12.2. The summed E-state index contributed by atoms with van der Waals surface area (Å²) in [6.45, 7) is 5.07. The van der Waals surface area contributed by atoms with Crippen LogP contribution < -0.4 is 4.72 Å². The number of thiophene rings is 1. The molecule has 5 nitrogen and oxygen atoms in total. The maximum Gasteiger partial charge on any atom is 0.275 e. The number of nitrogens with one attached hydrogen (secondary N) is 1. The molecular weight excluding hydrogens is 328 g/mol. The molecule has 0 aromatic carbocycles. The van der Waals surface area contributed by atoms with Crippen molar-refractivity contribution in [3.8, 4) is 0 Å². The molecule has 0 unspecified atom stereocenters. The standard InChI is InChI=1S/C13H16N2O3S3/c1-8(7-11-5-4-6-19-11)12(16)15-21(17,18)13-9(2)14-10(3)20-13/h4-6,8H,7H2,1-3H3,(H,15,16)/t8-/m1/s1. The van der Waals surface area contributed by atoms with Crippen LogP contribution in [0, 0.1) is 19.8 Å². The molecule has 2 aromatic heterocycles. The molecule has 0 bridgehead atoms. The van der Waals surface area contributed by atoms with Crippen LogP contribution in [0.15, 0.2) is 21.7 Å². The first-order chi connectivity index (χ1) is 9.79. The molecule has 1 atom stereocenters. The fourth-order valence-corrected chi connectivity index (χ4v) is 5.26. The van der Waals surface area contributed by atoms with Gasteiger partial charge in [0, 0.05) is 10.8 Å². The minimum atomic E-state index is -3.83. The van der Waals surface area contributed by atoms with Crippen LogP contribution in [0.3, 0.4) is 0 Å². The van der Waals surface area contributed by atoms with Gasteiger partial charge in [0.05, 0.1) is 10.7 Å². The fraction of sp³-hybridized carbons (Fsp3) is 0.385. The quantitative estimate of drug-likeness (QED) is 0.904. The summed E-state index contributed by atoms with van der Waals surface area (Å²) in [4.78, 5) is 17.2. The highest BCUT2D eigenvalue weighted by Gasteiger charge is 2.25. The second-order valence-electron chi connectivity index (χ2n) is 4.76.